The Labute approximate surface area is 136 Å². The first-order valence-electron chi connectivity index (χ1n) is 7.18. The van der Waals surface area contributed by atoms with Gasteiger partial charge >= 0.3 is 12.5 Å². The van der Waals surface area contributed by atoms with E-state index in [-0.39, 0.29) is 22.7 Å². The van der Waals surface area contributed by atoms with Gasteiger partial charge in [0, 0.05) is 0 Å². The van der Waals surface area contributed by atoms with Crippen LogP contribution in [0.25, 0.3) is 11.0 Å². The Kier molecular flexibility index (Phi) is 4.16. The molecule has 7 heteroatoms. The zero-order chi connectivity index (χ0) is 17.3. The largest absolute Gasteiger partial charge is 0.508 e. The molecule has 0 saturated carbocycles. The SMILES string of the molecule is Cc1ccc(C(=O)OCc2nc3ccccc3n2C(F)F)cc1O. The molecule has 0 saturated heterocycles. The van der Waals surface area contributed by atoms with Crippen LogP contribution in [-0.2, 0) is 11.3 Å². The normalized spacial score (nSPS) is 11.2. The van der Waals surface area contributed by atoms with Crippen LogP contribution >= 0.6 is 0 Å². The van der Waals surface area contributed by atoms with E-state index in [1.165, 1.54) is 18.2 Å². The molecule has 0 atom stereocenters. The maximum Gasteiger partial charge on any atom is 0.338 e. The number of esters is 1. The number of carbonyl (C=O) groups excluding carboxylic acids is 1. The summed E-state index contributed by atoms with van der Waals surface area (Å²) in [5.41, 5.74) is 1.42. The third kappa shape index (κ3) is 2.92. The third-order valence-electron chi connectivity index (χ3n) is 3.64. The van der Waals surface area contributed by atoms with E-state index in [1.54, 1.807) is 31.2 Å². The first-order chi connectivity index (χ1) is 11.5. The minimum Gasteiger partial charge on any atom is -0.508 e. The van der Waals surface area contributed by atoms with E-state index < -0.39 is 19.1 Å². The van der Waals surface area contributed by atoms with Gasteiger partial charge in [0.1, 0.15) is 12.4 Å². The number of ether oxygens (including phenoxy) is 1. The Balaban J connectivity index is 1.83. The summed E-state index contributed by atoms with van der Waals surface area (Å²) in [4.78, 5) is 16.1. The summed E-state index contributed by atoms with van der Waals surface area (Å²) in [7, 11) is 0. The Morgan fingerprint density at radius 1 is 1.29 bits per heavy atom. The second kappa shape index (κ2) is 6.27. The number of imidazole rings is 1. The fourth-order valence-corrected chi connectivity index (χ4v) is 2.36. The van der Waals surface area contributed by atoms with E-state index in [0.717, 1.165) is 4.57 Å². The van der Waals surface area contributed by atoms with Gasteiger partial charge in [-0.1, -0.05) is 18.2 Å². The zero-order valence-corrected chi connectivity index (χ0v) is 12.7. The second-order valence-corrected chi connectivity index (χ2v) is 5.24. The van der Waals surface area contributed by atoms with Gasteiger partial charge in [-0.25, -0.2) is 9.78 Å². The number of fused-ring (bicyclic) bond motifs is 1. The molecule has 0 fully saturated rings. The topological polar surface area (TPSA) is 64.3 Å². The minimum absolute atomic E-state index is 0.0377. The number of halogens is 2. The van der Waals surface area contributed by atoms with Gasteiger partial charge in [-0.3, -0.25) is 4.57 Å². The number of hydrogen-bond acceptors (Lipinski definition) is 4. The summed E-state index contributed by atoms with van der Waals surface area (Å²) in [6.07, 6.45) is 0. The van der Waals surface area contributed by atoms with E-state index in [4.69, 9.17) is 4.74 Å². The highest BCUT2D eigenvalue weighted by molar-refractivity contribution is 5.90. The molecule has 0 bridgehead atoms. The van der Waals surface area contributed by atoms with Gasteiger partial charge in [0.15, 0.2) is 5.82 Å². The average molecular weight is 332 g/mol. The van der Waals surface area contributed by atoms with Gasteiger partial charge in [-0.05, 0) is 36.8 Å². The number of nitrogens with zero attached hydrogens (tertiary/aromatic N) is 2. The van der Waals surface area contributed by atoms with Crippen LogP contribution in [0.1, 0.15) is 28.3 Å². The molecule has 0 spiro atoms. The van der Waals surface area contributed by atoms with Crippen molar-refractivity contribution in [3.8, 4) is 5.75 Å². The predicted octanol–water partition coefficient (Wildman–Crippen LogP) is 3.80. The van der Waals surface area contributed by atoms with Crippen LogP contribution in [-0.4, -0.2) is 20.6 Å². The Morgan fingerprint density at radius 2 is 2.04 bits per heavy atom. The highest BCUT2D eigenvalue weighted by atomic mass is 19.3. The smallest absolute Gasteiger partial charge is 0.338 e. The van der Waals surface area contributed by atoms with Crippen molar-refractivity contribution in [2.24, 2.45) is 0 Å². The van der Waals surface area contributed by atoms with Crippen LogP contribution < -0.4 is 0 Å². The highest BCUT2D eigenvalue weighted by Gasteiger charge is 2.19. The fourth-order valence-electron chi connectivity index (χ4n) is 2.36. The monoisotopic (exact) mass is 332 g/mol. The summed E-state index contributed by atoms with van der Waals surface area (Å²) in [5, 5.41) is 9.62. The molecule has 1 aromatic heterocycles. The standard InChI is InChI=1S/C17H14F2N2O3/c1-10-6-7-11(8-14(10)22)16(23)24-9-15-20-12-4-2-3-5-13(12)21(15)17(18)19/h2-8,17,22H,9H2,1H3. The molecule has 0 amide bonds. The van der Waals surface area contributed by atoms with E-state index in [0.29, 0.717) is 11.1 Å². The highest BCUT2D eigenvalue weighted by Crippen LogP contribution is 2.24. The molecule has 1 heterocycles. The van der Waals surface area contributed by atoms with Crippen LogP contribution in [0.3, 0.4) is 0 Å². The molecule has 124 valence electrons. The first kappa shape index (κ1) is 15.9. The quantitative estimate of drug-likeness (QED) is 0.738. The molecule has 0 unspecified atom stereocenters. The Bertz CT molecular complexity index is 906. The van der Waals surface area contributed by atoms with Crippen LogP contribution in [0.5, 0.6) is 5.75 Å². The Morgan fingerprint density at radius 3 is 2.75 bits per heavy atom. The minimum atomic E-state index is -2.80. The van der Waals surface area contributed by atoms with Gasteiger partial charge in [-0.15, -0.1) is 0 Å². The summed E-state index contributed by atoms with van der Waals surface area (Å²) in [6, 6.07) is 10.8. The molecular weight excluding hydrogens is 318 g/mol. The molecule has 3 rings (SSSR count). The molecule has 0 aliphatic heterocycles. The maximum absolute atomic E-state index is 13.3. The number of phenols is 1. The van der Waals surface area contributed by atoms with Gasteiger partial charge in [0.05, 0.1) is 16.6 Å². The van der Waals surface area contributed by atoms with Crippen molar-refractivity contribution in [2.75, 3.05) is 0 Å². The van der Waals surface area contributed by atoms with Crippen LogP contribution in [0, 0.1) is 6.92 Å². The number of aromatic nitrogens is 2. The molecule has 1 N–H and O–H groups in total. The molecular formula is C17H14F2N2O3. The maximum atomic E-state index is 13.3. The van der Waals surface area contributed by atoms with Gasteiger partial charge in [0.2, 0.25) is 0 Å². The van der Waals surface area contributed by atoms with E-state index in [2.05, 4.69) is 4.98 Å². The van der Waals surface area contributed by atoms with Crippen molar-refractivity contribution in [3.05, 3.63) is 59.4 Å². The van der Waals surface area contributed by atoms with Gasteiger partial charge < -0.3 is 9.84 Å². The lowest BCUT2D eigenvalue weighted by molar-refractivity contribution is 0.0387. The van der Waals surface area contributed by atoms with E-state index in [1.807, 2.05) is 0 Å². The van der Waals surface area contributed by atoms with Crippen LogP contribution in [0.15, 0.2) is 42.5 Å². The molecule has 3 aromatic rings. The van der Waals surface area contributed by atoms with Crippen molar-refractivity contribution in [2.45, 2.75) is 20.1 Å². The lowest BCUT2D eigenvalue weighted by atomic mass is 10.1. The Hall–Kier alpha value is -2.96. The van der Waals surface area contributed by atoms with Gasteiger partial charge in [0.25, 0.3) is 0 Å². The lowest BCUT2D eigenvalue weighted by Crippen LogP contribution is -2.10. The molecule has 0 aliphatic rings. The zero-order valence-electron chi connectivity index (χ0n) is 12.7. The summed E-state index contributed by atoms with van der Waals surface area (Å²) >= 11 is 0. The van der Waals surface area contributed by atoms with E-state index >= 15 is 0 Å². The predicted molar refractivity (Wildman–Crippen MR) is 82.9 cm³/mol. The summed E-state index contributed by atoms with van der Waals surface area (Å²) in [6.45, 7) is -1.50. The number of aromatic hydroxyl groups is 1. The number of hydrogen-bond donors (Lipinski definition) is 1. The number of alkyl halides is 2. The lowest BCUT2D eigenvalue weighted by Gasteiger charge is -2.09. The second-order valence-electron chi connectivity index (χ2n) is 5.24. The molecule has 2 aromatic carbocycles. The van der Waals surface area contributed by atoms with Crippen LogP contribution in [0.2, 0.25) is 0 Å². The molecule has 24 heavy (non-hydrogen) atoms. The van der Waals surface area contributed by atoms with Crippen molar-refractivity contribution < 1.29 is 23.4 Å². The van der Waals surface area contributed by atoms with Crippen molar-refractivity contribution in [1.82, 2.24) is 9.55 Å². The number of carbonyl (C=O) groups is 1. The number of rotatable bonds is 4. The van der Waals surface area contributed by atoms with Gasteiger partial charge in [-0.2, -0.15) is 8.78 Å². The third-order valence-corrected chi connectivity index (χ3v) is 3.64. The average Bonchev–Trinajstić information content (AvgIpc) is 2.93. The summed E-state index contributed by atoms with van der Waals surface area (Å²) in [5.74, 6) is -0.807. The first-order valence-corrected chi connectivity index (χ1v) is 7.18. The van der Waals surface area contributed by atoms with Crippen molar-refractivity contribution in [3.63, 3.8) is 0 Å². The number of phenolic OH excluding ortho intramolecular Hbond substituents is 1. The number of benzene rings is 2. The summed E-state index contributed by atoms with van der Waals surface area (Å²) < 4.78 is 32.4. The van der Waals surface area contributed by atoms with E-state index in [9.17, 15) is 18.7 Å². The van der Waals surface area contributed by atoms with Crippen molar-refractivity contribution in [1.29, 1.82) is 0 Å². The number of para-hydroxylation sites is 2. The fraction of sp³-hybridized carbons (Fsp3) is 0.176. The molecule has 5 nitrogen and oxygen atoms in total. The van der Waals surface area contributed by atoms with Crippen LogP contribution in [0.4, 0.5) is 8.78 Å². The molecule has 0 radical (unpaired) electrons. The molecule has 0 aliphatic carbocycles. The van der Waals surface area contributed by atoms with Crippen molar-refractivity contribution >= 4 is 17.0 Å². The number of aryl methyl sites for hydroxylation is 1.